The van der Waals surface area contributed by atoms with Crippen LogP contribution in [0.1, 0.15) is 12.5 Å². The molecule has 0 aliphatic carbocycles. The van der Waals surface area contributed by atoms with Crippen LogP contribution in [0.3, 0.4) is 0 Å². The van der Waals surface area contributed by atoms with E-state index in [0.717, 1.165) is 0 Å². The van der Waals surface area contributed by atoms with E-state index in [1.807, 2.05) is 0 Å². The van der Waals surface area contributed by atoms with Gasteiger partial charge in [0.05, 0.1) is 10.9 Å². The fraction of sp³-hybridized carbons (Fsp3) is 0.150. The number of hydrogen-bond acceptors (Lipinski definition) is 5. The molecule has 1 amide bonds. The maximum absolute atomic E-state index is 12.5. The highest BCUT2D eigenvalue weighted by Crippen LogP contribution is 2.36. The molecule has 6 nitrogen and oxygen atoms in total. The minimum Gasteiger partial charge on any atom is -0.277 e. The number of anilines is 1. The van der Waals surface area contributed by atoms with Crippen molar-refractivity contribution in [2.75, 3.05) is 5.43 Å². The number of carbonyl (C=O) groups is 1. The molecule has 0 aliphatic heterocycles. The molecule has 3 aromatic rings. The Morgan fingerprint density at radius 2 is 1.87 bits per heavy atom. The van der Waals surface area contributed by atoms with Gasteiger partial charge >= 0.3 is 5.51 Å². The molecule has 0 saturated carbocycles. The zero-order valence-corrected chi connectivity index (χ0v) is 16.6. The van der Waals surface area contributed by atoms with Gasteiger partial charge in [0.15, 0.2) is 0 Å². The van der Waals surface area contributed by atoms with Crippen LogP contribution in [0, 0.1) is 0 Å². The normalized spacial score (nSPS) is 11.7. The number of benzene rings is 2. The zero-order chi connectivity index (χ0) is 21.7. The smallest absolute Gasteiger partial charge is 0.277 e. The molecule has 0 atom stereocenters. The Morgan fingerprint density at radius 1 is 1.17 bits per heavy atom. The number of carbonyl (C=O) groups excluding carboxylic acids is 1. The fourth-order valence-corrected chi connectivity index (χ4v) is 3.21. The molecular weight excluding hydrogens is 417 g/mol. The highest BCUT2D eigenvalue weighted by Gasteiger charge is 2.28. The lowest BCUT2D eigenvalue weighted by Gasteiger charge is -2.13. The molecule has 0 fully saturated rings. The standard InChI is InChI=1S/C20H17F3N4O2S/c1-2-27-18(29)15-5-3-4-6-16(15)24-19(27)26-25-17(28)12-9-13-7-10-14(11-8-13)30-20(21,22)23/h3-12H,2H2,1H3,(H,24,26)(H,25,28)/b12-9+. The summed E-state index contributed by atoms with van der Waals surface area (Å²) in [6, 6.07) is 12.5. The third kappa shape index (κ3) is 5.41. The Balaban J connectivity index is 1.67. The van der Waals surface area contributed by atoms with E-state index in [2.05, 4.69) is 15.8 Å². The molecule has 2 N–H and O–H groups in total. The van der Waals surface area contributed by atoms with Gasteiger partial charge in [0.2, 0.25) is 5.95 Å². The van der Waals surface area contributed by atoms with Gasteiger partial charge < -0.3 is 0 Å². The van der Waals surface area contributed by atoms with Crippen LogP contribution in [0.2, 0.25) is 0 Å². The summed E-state index contributed by atoms with van der Waals surface area (Å²) in [7, 11) is 0. The van der Waals surface area contributed by atoms with Gasteiger partial charge in [-0.1, -0.05) is 24.3 Å². The third-order valence-corrected chi connectivity index (χ3v) is 4.76. The van der Waals surface area contributed by atoms with Crippen LogP contribution in [-0.2, 0) is 11.3 Å². The Labute approximate surface area is 173 Å². The van der Waals surface area contributed by atoms with Crippen molar-refractivity contribution >= 4 is 40.6 Å². The minimum absolute atomic E-state index is 0.0608. The van der Waals surface area contributed by atoms with E-state index < -0.39 is 11.4 Å². The first-order valence-electron chi connectivity index (χ1n) is 8.86. The summed E-state index contributed by atoms with van der Waals surface area (Å²) < 4.78 is 38.4. The molecule has 10 heteroatoms. The summed E-state index contributed by atoms with van der Waals surface area (Å²) in [5, 5.41) is 0.475. The minimum atomic E-state index is -4.35. The van der Waals surface area contributed by atoms with Crippen LogP contribution in [0.15, 0.2) is 64.3 Å². The molecule has 0 aliphatic rings. The first-order valence-corrected chi connectivity index (χ1v) is 9.68. The van der Waals surface area contributed by atoms with E-state index >= 15 is 0 Å². The molecule has 0 bridgehead atoms. The molecule has 0 saturated heterocycles. The number of hydrogen-bond donors (Lipinski definition) is 2. The Kier molecular flexibility index (Phi) is 6.46. The lowest BCUT2D eigenvalue weighted by atomic mass is 10.2. The van der Waals surface area contributed by atoms with E-state index in [1.165, 1.54) is 41.0 Å². The van der Waals surface area contributed by atoms with Gasteiger partial charge in [-0.2, -0.15) is 13.2 Å². The predicted molar refractivity (Wildman–Crippen MR) is 111 cm³/mol. The summed E-state index contributed by atoms with van der Waals surface area (Å²) in [6.07, 6.45) is 2.67. The van der Waals surface area contributed by atoms with Crippen LogP contribution in [0.4, 0.5) is 19.1 Å². The summed E-state index contributed by atoms with van der Waals surface area (Å²) in [5.74, 6) is -0.328. The van der Waals surface area contributed by atoms with Gasteiger partial charge in [-0.15, -0.1) is 0 Å². The molecule has 0 spiro atoms. The fourth-order valence-electron chi connectivity index (χ4n) is 2.67. The number of halogens is 3. The van der Waals surface area contributed by atoms with Crippen molar-refractivity contribution in [3.8, 4) is 0 Å². The molecular formula is C20H17F3N4O2S. The Morgan fingerprint density at radius 3 is 2.53 bits per heavy atom. The Bertz CT molecular complexity index is 1140. The summed E-state index contributed by atoms with van der Waals surface area (Å²) in [5.41, 5.74) is 1.55. The van der Waals surface area contributed by atoms with Crippen molar-refractivity contribution in [1.29, 1.82) is 0 Å². The number of amides is 1. The van der Waals surface area contributed by atoms with Gasteiger partial charge in [0.1, 0.15) is 0 Å². The van der Waals surface area contributed by atoms with Crippen molar-refractivity contribution in [1.82, 2.24) is 15.0 Å². The lowest BCUT2D eigenvalue weighted by molar-refractivity contribution is -0.116. The summed E-state index contributed by atoms with van der Waals surface area (Å²) in [4.78, 5) is 29.0. The first-order chi connectivity index (χ1) is 14.3. The predicted octanol–water partition coefficient (Wildman–Crippen LogP) is 4.18. The van der Waals surface area contributed by atoms with Gasteiger partial charge in [-0.3, -0.25) is 25.0 Å². The highest BCUT2D eigenvalue weighted by atomic mass is 32.2. The highest BCUT2D eigenvalue weighted by molar-refractivity contribution is 8.00. The second-order valence-corrected chi connectivity index (χ2v) is 7.20. The van der Waals surface area contributed by atoms with Gasteiger partial charge in [-0.25, -0.2) is 4.98 Å². The van der Waals surface area contributed by atoms with Crippen molar-refractivity contribution in [3.05, 3.63) is 70.5 Å². The SMILES string of the molecule is CCn1c(NNC(=O)/C=C/c2ccc(SC(F)(F)F)cc2)nc2ccccc2c1=O. The number of nitrogens with one attached hydrogen (secondary N) is 2. The van der Waals surface area contributed by atoms with E-state index in [4.69, 9.17) is 0 Å². The number of para-hydroxylation sites is 1. The molecule has 1 aromatic heterocycles. The molecule has 0 unspecified atom stereocenters. The van der Waals surface area contributed by atoms with E-state index in [9.17, 15) is 22.8 Å². The number of nitrogens with zero attached hydrogens (tertiary/aromatic N) is 2. The number of alkyl halides is 3. The summed E-state index contributed by atoms with van der Waals surface area (Å²) >= 11 is -0.203. The van der Waals surface area contributed by atoms with Crippen LogP contribution in [-0.4, -0.2) is 21.0 Å². The number of hydrazine groups is 1. The van der Waals surface area contributed by atoms with E-state index in [1.54, 1.807) is 31.2 Å². The van der Waals surface area contributed by atoms with Crippen LogP contribution >= 0.6 is 11.8 Å². The number of aromatic nitrogens is 2. The monoisotopic (exact) mass is 434 g/mol. The second kappa shape index (κ2) is 9.04. The number of thioether (sulfide) groups is 1. The van der Waals surface area contributed by atoms with Crippen LogP contribution in [0.25, 0.3) is 17.0 Å². The topological polar surface area (TPSA) is 76.0 Å². The van der Waals surface area contributed by atoms with E-state index in [0.29, 0.717) is 23.0 Å². The second-order valence-electron chi connectivity index (χ2n) is 6.07. The van der Waals surface area contributed by atoms with Crippen molar-refractivity contribution in [2.45, 2.75) is 23.9 Å². The number of rotatable bonds is 6. The lowest BCUT2D eigenvalue weighted by Crippen LogP contribution is -2.33. The molecule has 2 aromatic carbocycles. The van der Waals surface area contributed by atoms with Crippen molar-refractivity contribution in [2.24, 2.45) is 0 Å². The van der Waals surface area contributed by atoms with Crippen LogP contribution < -0.4 is 16.4 Å². The average molecular weight is 434 g/mol. The van der Waals surface area contributed by atoms with Crippen LogP contribution in [0.5, 0.6) is 0 Å². The molecule has 1 heterocycles. The molecule has 3 rings (SSSR count). The van der Waals surface area contributed by atoms with E-state index in [-0.39, 0.29) is 28.2 Å². The number of fused-ring (bicyclic) bond motifs is 1. The first kappa shape index (κ1) is 21.4. The Hall–Kier alpha value is -3.27. The van der Waals surface area contributed by atoms with Gasteiger partial charge in [0, 0.05) is 17.5 Å². The maximum atomic E-state index is 12.5. The zero-order valence-electron chi connectivity index (χ0n) is 15.7. The quantitative estimate of drug-likeness (QED) is 0.346. The third-order valence-electron chi connectivity index (χ3n) is 4.02. The average Bonchev–Trinajstić information content (AvgIpc) is 2.71. The van der Waals surface area contributed by atoms with Gasteiger partial charge in [0.25, 0.3) is 11.5 Å². The van der Waals surface area contributed by atoms with Gasteiger partial charge in [-0.05, 0) is 54.6 Å². The van der Waals surface area contributed by atoms with Crippen molar-refractivity contribution in [3.63, 3.8) is 0 Å². The summed E-state index contributed by atoms with van der Waals surface area (Å²) in [6.45, 7) is 2.14. The molecule has 0 radical (unpaired) electrons. The molecule has 156 valence electrons. The maximum Gasteiger partial charge on any atom is 0.446 e. The van der Waals surface area contributed by atoms with Crippen molar-refractivity contribution < 1.29 is 18.0 Å². The largest absolute Gasteiger partial charge is 0.446 e. The molecule has 30 heavy (non-hydrogen) atoms.